The normalized spacial score (nSPS) is 10.4. The number of hydrogen-bond donors (Lipinski definition) is 2. The maximum Gasteiger partial charge on any atom is 0.181 e. The van der Waals surface area contributed by atoms with E-state index in [9.17, 15) is 0 Å². The lowest BCUT2D eigenvalue weighted by Gasteiger charge is -2.04. The van der Waals surface area contributed by atoms with Crippen molar-refractivity contribution in [3.05, 3.63) is 30.1 Å². The summed E-state index contributed by atoms with van der Waals surface area (Å²) in [6.45, 7) is 2.88. The summed E-state index contributed by atoms with van der Waals surface area (Å²) in [7, 11) is 0. The summed E-state index contributed by atoms with van der Waals surface area (Å²) < 4.78 is 5.43. The molecule has 84 valence electrons. The first-order valence-corrected chi connectivity index (χ1v) is 5.12. The molecular weight excluding hydrogens is 204 g/mol. The first kappa shape index (κ1) is 10.6. The van der Waals surface area contributed by atoms with E-state index in [1.807, 2.05) is 31.2 Å². The number of aromatic nitrogens is 3. The molecule has 0 unspecified atom stereocenters. The van der Waals surface area contributed by atoms with Crippen molar-refractivity contribution >= 4 is 0 Å². The van der Waals surface area contributed by atoms with Gasteiger partial charge in [-0.25, -0.2) is 4.98 Å². The molecule has 2 rings (SSSR count). The second-order valence-electron chi connectivity index (χ2n) is 3.41. The van der Waals surface area contributed by atoms with Gasteiger partial charge < -0.3 is 10.5 Å². The van der Waals surface area contributed by atoms with E-state index in [4.69, 9.17) is 10.5 Å². The second-order valence-corrected chi connectivity index (χ2v) is 3.41. The van der Waals surface area contributed by atoms with Crippen LogP contribution in [0.4, 0.5) is 0 Å². The van der Waals surface area contributed by atoms with Crippen LogP contribution in [0.15, 0.2) is 24.3 Å². The average molecular weight is 218 g/mol. The minimum Gasteiger partial charge on any atom is -0.492 e. The van der Waals surface area contributed by atoms with E-state index in [0.29, 0.717) is 19.0 Å². The van der Waals surface area contributed by atoms with Gasteiger partial charge in [-0.1, -0.05) is 12.1 Å². The fourth-order valence-corrected chi connectivity index (χ4v) is 1.37. The molecule has 5 heteroatoms. The van der Waals surface area contributed by atoms with Crippen LogP contribution in [-0.4, -0.2) is 28.3 Å². The Hall–Kier alpha value is -1.88. The summed E-state index contributed by atoms with van der Waals surface area (Å²) in [4.78, 5) is 4.26. The third-order valence-electron chi connectivity index (χ3n) is 2.08. The standard InChI is InChI=1S/C11H14N4O/c1-8-13-11(15-14-8)9-3-2-4-10(7-9)16-6-5-12/h2-4,7H,5-6,12H2,1H3,(H,13,14,15). The van der Waals surface area contributed by atoms with Gasteiger partial charge >= 0.3 is 0 Å². The molecule has 0 bridgehead atoms. The molecule has 0 spiro atoms. The molecular formula is C11H14N4O. The number of benzene rings is 1. The van der Waals surface area contributed by atoms with Crippen LogP contribution in [0.5, 0.6) is 5.75 Å². The smallest absolute Gasteiger partial charge is 0.181 e. The molecule has 1 heterocycles. The van der Waals surface area contributed by atoms with E-state index < -0.39 is 0 Å². The lowest BCUT2D eigenvalue weighted by molar-refractivity contribution is 0.328. The molecule has 16 heavy (non-hydrogen) atoms. The van der Waals surface area contributed by atoms with E-state index in [2.05, 4.69) is 15.2 Å². The fourth-order valence-electron chi connectivity index (χ4n) is 1.37. The molecule has 1 aromatic carbocycles. The van der Waals surface area contributed by atoms with E-state index in [1.165, 1.54) is 0 Å². The highest BCUT2D eigenvalue weighted by Crippen LogP contribution is 2.20. The number of nitrogens with one attached hydrogen (secondary N) is 1. The van der Waals surface area contributed by atoms with E-state index in [0.717, 1.165) is 17.1 Å². The van der Waals surface area contributed by atoms with Crippen LogP contribution in [0.2, 0.25) is 0 Å². The summed E-state index contributed by atoms with van der Waals surface area (Å²) in [5, 5.41) is 6.90. The molecule has 0 aliphatic heterocycles. The van der Waals surface area contributed by atoms with Crippen molar-refractivity contribution < 1.29 is 4.74 Å². The molecule has 0 aliphatic rings. The van der Waals surface area contributed by atoms with Gasteiger partial charge in [-0.3, -0.25) is 5.10 Å². The Morgan fingerprint density at radius 2 is 2.31 bits per heavy atom. The number of aromatic amines is 1. The molecule has 0 atom stereocenters. The van der Waals surface area contributed by atoms with Crippen molar-refractivity contribution in [1.82, 2.24) is 15.2 Å². The Labute approximate surface area is 93.7 Å². The van der Waals surface area contributed by atoms with E-state index in [-0.39, 0.29) is 0 Å². The molecule has 5 nitrogen and oxygen atoms in total. The number of ether oxygens (including phenoxy) is 1. The van der Waals surface area contributed by atoms with Crippen molar-refractivity contribution in [2.75, 3.05) is 13.2 Å². The van der Waals surface area contributed by atoms with Gasteiger partial charge in [0.1, 0.15) is 18.2 Å². The summed E-state index contributed by atoms with van der Waals surface area (Å²) in [6.07, 6.45) is 0. The fraction of sp³-hybridized carbons (Fsp3) is 0.273. The van der Waals surface area contributed by atoms with E-state index >= 15 is 0 Å². The van der Waals surface area contributed by atoms with Gasteiger partial charge in [0, 0.05) is 12.1 Å². The predicted octanol–water partition coefficient (Wildman–Crippen LogP) is 1.12. The van der Waals surface area contributed by atoms with Crippen molar-refractivity contribution in [3.63, 3.8) is 0 Å². The zero-order valence-electron chi connectivity index (χ0n) is 9.10. The highest BCUT2D eigenvalue weighted by Gasteiger charge is 2.04. The summed E-state index contributed by atoms with van der Waals surface area (Å²) in [5.74, 6) is 2.25. The number of H-pyrrole nitrogens is 1. The van der Waals surface area contributed by atoms with Crippen molar-refractivity contribution in [2.24, 2.45) is 5.73 Å². The van der Waals surface area contributed by atoms with E-state index in [1.54, 1.807) is 0 Å². The molecule has 3 N–H and O–H groups in total. The maximum absolute atomic E-state index is 5.43. The van der Waals surface area contributed by atoms with Crippen LogP contribution in [-0.2, 0) is 0 Å². The highest BCUT2D eigenvalue weighted by atomic mass is 16.5. The number of hydrogen-bond acceptors (Lipinski definition) is 4. The largest absolute Gasteiger partial charge is 0.492 e. The highest BCUT2D eigenvalue weighted by molar-refractivity contribution is 5.57. The summed E-state index contributed by atoms with van der Waals surface area (Å²) >= 11 is 0. The van der Waals surface area contributed by atoms with Crippen LogP contribution in [0.1, 0.15) is 5.82 Å². The number of rotatable bonds is 4. The van der Waals surface area contributed by atoms with Gasteiger partial charge in [0.25, 0.3) is 0 Å². The molecule has 0 radical (unpaired) electrons. The Kier molecular flexibility index (Phi) is 3.16. The van der Waals surface area contributed by atoms with Crippen LogP contribution in [0, 0.1) is 6.92 Å². The number of aryl methyl sites for hydroxylation is 1. The van der Waals surface area contributed by atoms with Crippen molar-refractivity contribution in [2.45, 2.75) is 6.92 Å². The second kappa shape index (κ2) is 4.76. The van der Waals surface area contributed by atoms with Crippen molar-refractivity contribution in [3.8, 4) is 17.1 Å². The minimum atomic E-state index is 0.504. The Bertz CT molecular complexity index is 467. The average Bonchev–Trinajstić information content (AvgIpc) is 2.74. The summed E-state index contributed by atoms with van der Waals surface area (Å²) in [6, 6.07) is 7.64. The monoisotopic (exact) mass is 218 g/mol. The first-order valence-electron chi connectivity index (χ1n) is 5.12. The lowest BCUT2D eigenvalue weighted by Crippen LogP contribution is -2.10. The zero-order valence-corrected chi connectivity index (χ0v) is 9.10. The van der Waals surface area contributed by atoms with Crippen LogP contribution in [0.3, 0.4) is 0 Å². The van der Waals surface area contributed by atoms with Gasteiger partial charge in [-0.05, 0) is 19.1 Å². The molecule has 0 saturated heterocycles. The predicted molar refractivity (Wildman–Crippen MR) is 61.1 cm³/mol. The number of nitrogens with two attached hydrogens (primary N) is 1. The molecule has 0 saturated carbocycles. The topological polar surface area (TPSA) is 76.8 Å². The third-order valence-corrected chi connectivity index (χ3v) is 2.08. The zero-order chi connectivity index (χ0) is 11.4. The summed E-state index contributed by atoms with van der Waals surface area (Å²) in [5.41, 5.74) is 6.30. The molecule has 0 amide bonds. The van der Waals surface area contributed by atoms with Gasteiger partial charge in [0.05, 0.1) is 0 Å². The van der Waals surface area contributed by atoms with Crippen LogP contribution >= 0.6 is 0 Å². The van der Waals surface area contributed by atoms with Gasteiger partial charge in [0.2, 0.25) is 0 Å². The molecule has 2 aromatic rings. The first-order chi connectivity index (χ1) is 7.79. The van der Waals surface area contributed by atoms with Gasteiger partial charge in [0.15, 0.2) is 5.82 Å². The third kappa shape index (κ3) is 2.38. The Morgan fingerprint density at radius 1 is 1.44 bits per heavy atom. The minimum absolute atomic E-state index is 0.504. The van der Waals surface area contributed by atoms with Crippen LogP contribution < -0.4 is 10.5 Å². The number of nitrogens with zero attached hydrogens (tertiary/aromatic N) is 2. The SMILES string of the molecule is Cc1nc(-c2cccc(OCCN)c2)n[nH]1. The molecule has 0 fully saturated rings. The molecule has 0 aliphatic carbocycles. The quantitative estimate of drug-likeness (QED) is 0.806. The maximum atomic E-state index is 5.43. The van der Waals surface area contributed by atoms with Gasteiger partial charge in [-0.15, -0.1) is 0 Å². The Balaban J connectivity index is 2.22. The van der Waals surface area contributed by atoms with Crippen molar-refractivity contribution in [1.29, 1.82) is 0 Å². The van der Waals surface area contributed by atoms with Crippen LogP contribution in [0.25, 0.3) is 11.4 Å². The Morgan fingerprint density at radius 3 is 3.00 bits per heavy atom. The lowest BCUT2D eigenvalue weighted by atomic mass is 10.2. The molecule has 1 aromatic heterocycles. The van der Waals surface area contributed by atoms with Gasteiger partial charge in [-0.2, -0.15) is 5.10 Å².